The number of imidazole rings is 1. The topological polar surface area (TPSA) is 57.3 Å². The summed E-state index contributed by atoms with van der Waals surface area (Å²) < 4.78 is 28.6. The van der Waals surface area contributed by atoms with Crippen LogP contribution in [0.5, 0.6) is 0 Å². The molecule has 0 saturated heterocycles. The van der Waals surface area contributed by atoms with E-state index >= 15 is 0 Å². The van der Waals surface area contributed by atoms with Gasteiger partial charge in [-0.2, -0.15) is 4.31 Å². The number of nitrogens with one attached hydrogen (secondary N) is 1. The molecule has 0 spiro atoms. The molecule has 0 atom stereocenters. The van der Waals surface area contributed by atoms with E-state index < -0.39 is 10.0 Å². The first-order valence-electron chi connectivity index (χ1n) is 8.07. The van der Waals surface area contributed by atoms with Gasteiger partial charge in [-0.1, -0.05) is 13.8 Å². The van der Waals surface area contributed by atoms with Crippen molar-refractivity contribution in [3.8, 4) is 11.3 Å². The zero-order valence-electron chi connectivity index (χ0n) is 14.2. The quantitative estimate of drug-likeness (QED) is 0.724. The lowest BCUT2D eigenvalue weighted by molar-refractivity contribution is -0.509. The van der Waals surface area contributed by atoms with Crippen molar-refractivity contribution < 1.29 is 12.8 Å². The number of fused-ring (bicyclic) bond motifs is 1. The third-order valence-electron chi connectivity index (χ3n) is 4.25. The van der Waals surface area contributed by atoms with Gasteiger partial charge < -0.3 is 0 Å². The number of aromatic nitrogens is 2. The first-order chi connectivity index (χ1) is 11.5. The highest BCUT2D eigenvalue weighted by Gasteiger charge is 2.21. The van der Waals surface area contributed by atoms with Crippen molar-refractivity contribution in [3.05, 3.63) is 54.4 Å². The van der Waals surface area contributed by atoms with Gasteiger partial charge in [0.1, 0.15) is 6.20 Å². The molecule has 2 aromatic heterocycles. The van der Waals surface area contributed by atoms with Gasteiger partial charge in [0, 0.05) is 24.2 Å². The Morgan fingerprint density at radius 3 is 2.33 bits per heavy atom. The highest BCUT2D eigenvalue weighted by molar-refractivity contribution is 7.89. The number of aromatic amines is 1. The maximum Gasteiger partial charge on any atom is 0.287 e. The van der Waals surface area contributed by atoms with Crippen LogP contribution in [0.4, 0.5) is 0 Å². The molecule has 0 aliphatic heterocycles. The van der Waals surface area contributed by atoms with Crippen LogP contribution in [0.15, 0.2) is 53.7 Å². The summed E-state index contributed by atoms with van der Waals surface area (Å²) in [6.45, 7) is 6.69. The molecule has 0 aliphatic rings. The van der Waals surface area contributed by atoms with Gasteiger partial charge in [0.15, 0.2) is 5.69 Å². The molecule has 2 heterocycles. The highest BCUT2D eigenvalue weighted by Crippen LogP contribution is 2.22. The van der Waals surface area contributed by atoms with Gasteiger partial charge in [0.25, 0.3) is 5.65 Å². The number of hydrogen-bond acceptors (Lipinski definition) is 2. The summed E-state index contributed by atoms with van der Waals surface area (Å²) in [6.07, 6.45) is 4.00. The molecule has 0 saturated carbocycles. The molecule has 3 aromatic rings. The zero-order valence-corrected chi connectivity index (χ0v) is 15.0. The van der Waals surface area contributed by atoms with Crippen LogP contribution in [0.2, 0.25) is 0 Å². The molecular weight excluding hydrogens is 322 g/mol. The molecule has 0 unspecified atom stereocenters. The lowest BCUT2D eigenvalue weighted by Crippen LogP contribution is -2.30. The fraction of sp³-hybridized carbons (Fsp3) is 0.278. The molecule has 6 heteroatoms. The predicted molar refractivity (Wildman–Crippen MR) is 94.2 cm³/mol. The summed E-state index contributed by atoms with van der Waals surface area (Å²) in [7, 11) is -3.41. The maximum atomic E-state index is 12.5. The summed E-state index contributed by atoms with van der Waals surface area (Å²) in [5.74, 6) is 0. The average molecular weight is 344 g/mol. The normalized spacial score (nSPS) is 12.2. The average Bonchev–Trinajstić information content (AvgIpc) is 3.01. The van der Waals surface area contributed by atoms with Crippen molar-refractivity contribution in [2.24, 2.45) is 0 Å². The van der Waals surface area contributed by atoms with E-state index in [0.29, 0.717) is 18.0 Å². The number of pyridine rings is 1. The van der Waals surface area contributed by atoms with Crippen LogP contribution in [0, 0.1) is 6.92 Å². The Morgan fingerprint density at radius 1 is 1.08 bits per heavy atom. The second kappa shape index (κ2) is 6.37. The van der Waals surface area contributed by atoms with Crippen LogP contribution in [0.25, 0.3) is 16.9 Å². The second-order valence-corrected chi connectivity index (χ2v) is 7.67. The lowest BCUT2D eigenvalue weighted by atomic mass is 10.2. The number of aryl methyl sites for hydroxylation is 1. The molecule has 5 nitrogen and oxygen atoms in total. The number of benzene rings is 1. The smallest absolute Gasteiger partial charge is 0.236 e. The molecule has 0 aliphatic carbocycles. The monoisotopic (exact) mass is 344 g/mol. The summed E-state index contributed by atoms with van der Waals surface area (Å²) in [5, 5.41) is 0. The second-order valence-electron chi connectivity index (χ2n) is 5.73. The first kappa shape index (κ1) is 16.7. The van der Waals surface area contributed by atoms with Crippen molar-refractivity contribution in [2.75, 3.05) is 13.1 Å². The van der Waals surface area contributed by atoms with E-state index in [9.17, 15) is 8.42 Å². The third kappa shape index (κ3) is 2.83. The van der Waals surface area contributed by atoms with Crippen LogP contribution in [-0.2, 0) is 10.0 Å². The Hall–Kier alpha value is -2.18. The van der Waals surface area contributed by atoms with Gasteiger partial charge in [-0.25, -0.2) is 17.8 Å². The van der Waals surface area contributed by atoms with Crippen molar-refractivity contribution in [1.29, 1.82) is 0 Å². The molecule has 0 amide bonds. The van der Waals surface area contributed by atoms with Crippen LogP contribution in [0.3, 0.4) is 0 Å². The van der Waals surface area contributed by atoms with Gasteiger partial charge in [-0.15, -0.1) is 0 Å². The van der Waals surface area contributed by atoms with Crippen molar-refractivity contribution in [3.63, 3.8) is 0 Å². The van der Waals surface area contributed by atoms with E-state index in [4.69, 9.17) is 0 Å². The number of nitrogens with zero attached hydrogens (tertiary/aromatic N) is 2. The molecule has 1 N–H and O–H groups in total. The van der Waals surface area contributed by atoms with Crippen molar-refractivity contribution >= 4 is 15.7 Å². The van der Waals surface area contributed by atoms with Crippen LogP contribution in [-0.4, -0.2) is 30.8 Å². The Morgan fingerprint density at radius 2 is 1.75 bits per heavy atom. The predicted octanol–water partition coefficient (Wildman–Crippen LogP) is 2.76. The van der Waals surface area contributed by atoms with Crippen LogP contribution >= 0.6 is 0 Å². The zero-order chi connectivity index (χ0) is 17.3. The number of hydrogen-bond donors (Lipinski definition) is 1. The van der Waals surface area contributed by atoms with E-state index in [0.717, 1.165) is 22.5 Å². The number of H-pyrrole nitrogens is 1. The van der Waals surface area contributed by atoms with E-state index in [1.54, 1.807) is 12.1 Å². The van der Waals surface area contributed by atoms with Gasteiger partial charge >= 0.3 is 0 Å². The Kier molecular flexibility index (Phi) is 4.43. The van der Waals surface area contributed by atoms with Gasteiger partial charge in [-0.05, 0) is 43.3 Å². The molecule has 0 bridgehead atoms. The highest BCUT2D eigenvalue weighted by atomic mass is 32.2. The number of sulfonamides is 1. The Balaban J connectivity index is 1.98. The van der Waals surface area contributed by atoms with E-state index in [-0.39, 0.29) is 0 Å². The van der Waals surface area contributed by atoms with E-state index in [2.05, 4.69) is 18.0 Å². The molecule has 3 rings (SSSR count). The summed E-state index contributed by atoms with van der Waals surface area (Å²) in [6, 6.07) is 11.1. The molecule has 126 valence electrons. The van der Waals surface area contributed by atoms with Crippen molar-refractivity contribution in [1.82, 2.24) is 9.29 Å². The SMILES string of the molecule is CCN(CC)S(=O)(=O)c1ccc(-c2c[n+]3cccc(C)c3[nH]2)cc1. The fourth-order valence-corrected chi connectivity index (χ4v) is 4.33. The van der Waals surface area contributed by atoms with Gasteiger partial charge in [-0.3, -0.25) is 0 Å². The minimum Gasteiger partial charge on any atom is -0.236 e. The minimum atomic E-state index is -3.41. The van der Waals surface area contributed by atoms with Gasteiger partial charge in [0.2, 0.25) is 10.0 Å². The number of rotatable bonds is 5. The maximum absolute atomic E-state index is 12.5. The fourth-order valence-electron chi connectivity index (χ4n) is 2.87. The van der Waals surface area contributed by atoms with Crippen LogP contribution < -0.4 is 4.40 Å². The van der Waals surface area contributed by atoms with E-state index in [1.807, 2.05) is 48.8 Å². The molecule has 0 radical (unpaired) electrons. The molecule has 0 fully saturated rings. The largest absolute Gasteiger partial charge is 0.287 e. The minimum absolute atomic E-state index is 0.329. The first-order valence-corrected chi connectivity index (χ1v) is 9.51. The molecule has 1 aromatic carbocycles. The Bertz CT molecular complexity index is 956. The molecule has 24 heavy (non-hydrogen) atoms. The lowest BCUT2D eigenvalue weighted by Gasteiger charge is -2.18. The van der Waals surface area contributed by atoms with Crippen molar-refractivity contribution in [2.45, 2.75) is 25.7 Å². The van der Waals surface area contributed by atoms with Gasteiger partial charge in [0.05, 0.1) is 11.1 Å². The molecular formula is C18H22N3O2S+. The summed E-state index contributed by atoms with van der Waals surface area (Å²) in [5.41, 5.74) is 4.10. The summed E-state index contributed by atoms with van der Waals surface area (Å²) >= 11 is 0. The third-order valence-corrected chi connectivity index (χ3v) is 6.32. The Labute approximate surface area is 142 Å². The summed E-state index contributed by atoms with van der Waals surface area (Å²) in [4.78, 5) is 3.72. The standard InChI is InChI=1S/C18H21N3O2S/c1-4-21(5-2)24(22,23)16-10-8-15(9-11-16)17-13-20-12-6-7-14(3)18(20)19-17/h6-13H,4-5H2,1-3H3/p+1. The van der Waals surface area contributed by atoms with E-state index in [1.165, 1.54) is 4.31 Å². The van der Waals surface area contributed by atoms with Crippen LogP contribution in [0.1, 0.15) is 19.4 Å².